The molecule has 0 aliphatic heterocycles. The molecule has 2 unspecified atom stereocenters. The van der Waals surface area contributed by atoms with E-state index >= 15 is 0 Å². The van der Waals surface area contributed by atoms with Crippen molar-refractivity contribution in [1.29, 1.82) is 0 Å². The number of hydrogen-bond acceptors (Lipinski definition) is 2. The van der Waals surface area contributed by atoms with Crippen LogP contribution < -0.4 is 10.6 Å². The molecule has 0 spiro atoms. The standard InChI is InChI=1S/C21H24F2N2O2/c1-12(2)19(25-20(26)15-7-5-6-13(3)10-15)21(27)24-14(4)17-11-16(22)8-9-18(17)23/h5-12,14,19H,1-4H3,(H,24,27)(H,25,26). The highest BCUT2D eigenvalue weighted by atomic mass is 19.1. The van der Waals surface area contributed by atoms with Gasteiger partial charge in [0.25, 0.3) is 5.91 Å². The Kier molecular flexibility index (Phi) is 6.66. The average molecular weight is 374 g/mol. The zero-order chi connectivity index (χ0) is 20.1. The van der Waals surface area contributed by atoms with E-state index in [1.54, 1.807) is 39.0 Å². The Balaban J connectivity index is 2.12. The number of amides is 2. The summed E-state index contributed by atoms with van der Waals surface area (Å²) in [6.45, 7) is 7.04. The lowest BCUT2D eigenvalue weighted by Gasteiger charge is -2.24. The van der Waals surface area contributed by atoms with Gasteiger partial charge < -0.3 is 10.6 Å². The number of rotatable bonds is 6. The van der Waals surface area contributed by atoms with Crippen molar-refractivity contribution < 1.29 is 18.4 Å². The summed E-state index contributed by atoms with van der Waals surface area (Å²) in [6.07, 6.45) is 0. The van der Waals surface area contributed by atoms with Gasteiger partial charge in [-0.2, -0.15) is 0 Å². The molecule has 0 saturated heterocycles. The van der Waals surface area contributed by atoms with Crippen molar-refractivity contribution in [2.45, 2.75) is 39.8 Å². The van der Waals surface area contributed by atoms with Gasteiger partial charge in [0, 0.05) is 11.1 Å². The van der Waals surface area contributed by atoms with Crippen LogP contribution in [0, 0.1) is 24.5 Å². The summed E-state index contributed by atoms with van der Waals surface area (Å²) in [5.74, 6) is -2.20. The van der Waals surface area contributed by atoms with E-state index in [2.05, 4.69) is 10.6 Å². The van der Waals surface area contributed by atoms with E-state index in [1.807, 2.05) is 13.0 Å². The van der Waals surface area contributed by atoms with E-state index in [1.165, 1.54) is 0 Å². The van der Waals surface area contributed by atoms with Crippen molar-refractivity contribution in [3.63, 3.8) is 0 Å². The van der Waals surface area contributed by atoms with E-state index in [0.717, 1.165) is 23.8 Å². The van der Waals surface area contributed by atoms with Gasteiger partial charge in [0.15, 0.2) is 0 Å². The van der Waals surface area contributed by atoms with E-state index in [4.69, 9.17) is 0 Å². The molecule has 144 valence electrons. The molecule has 0 radical (unpaired) electrons. The first-order chi connectivity index (χ1) is 12.7. The number of hydrogen-bond donors (Lipinski definition) is 2. The summed E-state index contributed by atoms with van der Waals surface area (Å²) in [7, 11) is 0. The monoisotopic (exact) mass is 374 g/mol. The highest BCUT2D eigenvalue weighted by molar-refractivity contribution is 5.97. The first-order valence-electron chi connectivity index (χ1n) is 8.82. The van der Waals surface area contributed by atoms with Crippen molar-refractivity contribution in [2.24, 2.45) is 5.92 Å². The molecule has 2 N–H and O–H groups in total. The molecule has 4 nitrogen and oxygen atoms in total. The van der Waals surface area contributed by atoms with Crippen LogP contribution in [0.25, 0.3) is 0 Å². The molecule has 6 heteroatoms. The second kappa shape index (κ2) is 8.75. The normalized spacial score (nSPS) is 13.1. The molecule has 27 heavy (non-hydrogen) atoms. The Bertz CT molecular complexity index is 837. The number of carbonyl (C=O) groups is 2. The van der Waals surface area contributed by atoms with Crippen LogP contribution in [0.3, 0.4) is 0 Å². The summed E-state index contributed by atoms with van der Waals surface area (Å²) in [6, 6.07) is 8.58. The van der Waals surface area contributed by atoms with Crippen molar-refractivity contribution >= 4 is 11.8 Å². The van der Waals surface area contributed by atoms with Crippen molar-refractivity contribution in [3.8, 4) is 0 Å². The molecule has 2 aromatic carbocycles. The third-order valence-electron chi connectivity index (χ3n) is 4.30. The molecule has 0 aliphatic rings. The SMILES string of the molecule is Cc1cccc(C(=O)NC(C(=O)NC(C)c2cc(F)ccc2F)C(C)C)c1. The summed E-state index contributed by atoms with van der Waals surface area (Å²) in [5, 5.41) is 5.38. The van der Waals surface area contributed by atoms with Gasteiger partial charge in [-0.15, -0.1) is 0 Å². The second-order valence-electron chi connectivity index (χ2n) is 6.96. The van der Waals surface area contributed by atoms with Gasteiger partial charge in [0.05, 0.1) is 6.04 Å². The van der Waals surface area contributed by atoms with Crippen LogP contribution in [-0.4, -0.2) is 17.9 Å². The molecule has 2 aromatic rings. The summed E-state index contributed by atoms with van der Waals surface area (Å²) >= 11 is 0. The Labute approximate surface area is 158 Å². The Morgan fingerprint density at radius 3 is 2.30 bits per heavy atom. The Morgan fingerprint density at radius 1 is 0.963 bits per heavy atom. The van der Waals surface area contributed by atoms with Crippen LogP contribution in [0.1, 0.15) is 48.3 Å². The number of carbonyl (C=O) groups excluding carboxylic acids is 2. The van der Waals surface area contributed by atoms with Crippen molar-refractivity contribution in [2.75, 3.05) is 0 Å². The molecule has 2 atom stereocenters. The second-order valence-corrected chi connectivity index (χ2v) is 6.96. The van der Waals surface area contributed by atoms with Crippen LogP contribution in [0.5, 0.6) is 0 Å². The first kappa shape index (κ1) is 20.6. The minimum atomic E-state index is -0.808. The molecular weight excluding hydrogens is 350 g/mol. The third kappa shape index (κ3) is 5.36. The smallest absolute Gasteiger partial charge is 0.251 e. The van der Waals surface area contributed by atoms with Gasteiger partial charge >= 0.3 is 0 Å². The van der Waals surface area contributed by atoms with Crippen LogP contribution >= 0.6 is 0 Å². The summed E-state index contributed by atoms with van der Waals surface area (Å²) in [5.41, 5.74) is 1.44. The van der Waals surface area contributed by atoms with Crippen LogP contribution in [0.2, 0.25) is 0 Å². The van der Waals surface area contributed by atoms with Gasteiger partial charge in [0.1, 0.15) is 17.7 Å². The number of nitrogens with one attached hydrogen (secondary N) is 2. The molecular formula is C21H24F2N2O2. The zero-order valence-electron chi connectivity index (χ0n) is 15.8. The van der Waals surface area contributed by atoms with Crippen molar-refractivity contribution in [1.82, 2.24) is 10.6 Å². The van der Waals surface area contributed by atoms with Crippen LogP contribution in [0.15, 0.2) is 42.5 Å². The van der Waals surface area contributed by atoms with E-state index < -0.39 is 29.6 Å². The Morgan fingerprint density at radius 2 is 1.67 bits per heavy atom. The van der Waals surface area contributed by atoms with E-state index in [9.17, 15) is 18.4 Å². The largest absolute Gasteiger partial charge is 0.348 e. The minimum absolute atomic E-state index is 0.0517. The van der Waals surface area contributed by atoms with Crippen LogP contribution in [-0.2, 0) is 4.79 Å². The van der Waals surface area contributed by atoms with Crippen LogP contribution in [0.4, 0.5) is 8.78 Å². The van der Waals surface area contributed by atoms with Gasteiger partial charge in [0.2, 0.25) is 5.91 Å². The maximum absolute atomic E-state index is 13.9. The molecule has 0 aliphatic carbocycles. The fraction of sp³-hybridized carbons (Fsp3) is 0.333. The van der Waals surface area contributed by atoms with Gasteiger partial charge in [-0.1, -0.05) is 31.5 Å². The molecule has 0 heterocycles. The third-order valence-corrected chi connectivity index (χ3v) is 4.30. The highest BCUT2D eigenvalue weighted by Crippen LogP contribution is 2.18. The lowest BCUT2D eigenvalue weighted by atomic mass is 10.0. The predicted molar refractivity (Wildman–Crippen MR) is 100 cm³/mol. The lowest BCUT2D eigenvalue weighted by Crippen LogP contribution is -2.50. The molecule has 0 bridgehead atoms. The summed E-state index contributed by atoms with van der Waals surface area (Å²) in [4.78, 5) is 25.1. The van der Waals surface area contributed by atoms with Gasteiger partial charge in [-0.05, 0) is 50.1 Å². The number of benzene rings is 2. The lowest BCUT2D eigenvalue weighted by molar-refractivity contribution is -0.124. The zero-order valence-corrected chi connectivity index (χ0v) is 15.8. The molecule has 0 aromatic heterocycles. The quantitative estimate of drug-likeness (QED) is 0.806. The average Bonchev–Trinajstić information content (AvgIpc) is 2.60. The van der Waals surface area contributed by atoms with Gasteiger partial charge in [-0.3, -0.25) is 9.59 Å². The molecule has 0 saturated carbocycles. The summed E-state index contributed by atoms with van der Waals surface area (Å²) < 4.78 is 27.3. The maximum Gasteiger partial charge on any atom is 0.251 e. The van der Waals surface area contributed by atoms with E-state index in [-0.39, 0.29) is 17.4 Å². The molecule has 2 amide bonds. The first-order valence-corrected chi connectivity index (χ1v) is 8.82. The molecule has 0 fully saturated rings. The molecule has 2 rings (SSSR count). The topological polar surface area (TPSA) is 58.2 Å². The number of aryl methyl sites for hydroxylation is 1. The fourth-order valence-corrected chi connectivity index (χ4v) is 2.77. The number of halogens is 2. The van der Waals surface area contributed by atoms with Crippen molar-refractivity contribution in [3.05, 3.63) is 70.8 Å². The highest BCUT2D eigenvalue weighted by Gasteiger charge is 2.26. The van der Waals surface area contributed by atoms with Gasteiger partial charge in [-0.25, -0.2) is 8.78 Å². The minimum Gasteiger partial charge on any atom is -0.348 e. The fourth-order valence-electron chi connectivity index (χ4n) is 2.77. The van der Waals surface area contributed by atoms with E-state index in [0.29, 0.717) is 5.56 Å². The predicted octanol–water partition coefficient (Wildman–Crippen LogP) is 3.91. The maximum atomic E-state index is 13.9. The Hall–Kier alpha value is -2.76.